The van der Waals surface area contributed by atoms with Gasteiger partial charge >= 0.3 is 5.69 Å². The molecule has 0 radical (unpaired) electrons. The molecule has 6 rings (SSSR count). The van der Waals surface area contributed by atoms with E-state index in [1.807, 2.05) is 68.4 Å². The zero-order chi connectivity index (χ0) is 31.6. The second kappa shape index (κ2) is 12.6. The highest BCUT2D eigenvalue weighted by molar-refractivity contribution is 5.97. The fraction of sp³-hybridized carbons (Fsp3) is 0.353. The van der Waals surface area contributed by atoms with Gasteiger partial charge in [-0.3, -0.25) is 18.8 Å². The summed E-state index contributed by atoms with van der Waals surface area (Å²) in [4.78, 5) is 36.2. The lowest BCUT2D eigenvalue weighted by Gasteiger charge is -2.39. The number of carbonyl (C=O) groups is 1. The Morgan fingerprint density at radius 3 is 2.49 bits per heavy atom. The molecular weight excluding hydrogens is 568 g/mol. The van der Waals surface area contributed by atoms with E-state index in [-0.39, 0.29) is 29.0 Å². The lowest BCUT2D eigenvalue weighted by atomic mass is 9.97. The number of aromatic nitrogens is 3. The molecule has 1 atom stereocenters. The van der Waals surface area contributed by atoms with Crippen LogP contribution in [-0.4, -0.2) is 74.6 Å². The summed E-state index contributed by atoms with van der Waals surface area (Å²) in [5, 5.41) is 13.4. The molecule has 2 fully saturated rings. The van der Waals surface area contributed by atoms with Crippen molar-refractivity contribution < 1.29 is 9.53 Å². The largest absolute Gasteiger partial charge is 0.457 e. The highest BCUT2D eigenvalue weighted by Crippen LogP contribution is 2.30. The first-order chi connectivity index (χ1) is 21.8. The van der Waals surface area contributed by atoms with E-state index < -0.39 is 5.54 Å². The van der Waals surface area contributed by atoms with Crippen molar-refractivity contribution in [2.45, 2.75) is 38.3 Å². The molecule has 11 heteroatoms. The van der Waals surface area contributed by atoms with Crippen molar-refractivity contribution in [3.8, 4) is 23.3 Å². The van der Waals surface area contributed by atoms with Gasteiger partial charge in [0.1, 0.15) is 34.5 Å². The predicted molar refractivity (Wildman–Crippen MR) is 173 cm³/mol. The first-order valence-electron chi connectivity index (χ1n) is 15.4. The number of nitrogen functional groups attached to an aromatic ring is 1. The molecule has 0 aliphatic carbocycles. The zero-order valence-corrected chi connectivity index (χ0v) is 25.6. The number of carbonyl (C=O) groups excluding carboxylic acids is 1. The number of ether oxygens (including phenoxy) is 1. The molecule has 0 spiro atoms. The summed E-state index contributed by atoms with van der Waals surface area (Å²) >= 11 is 0. The van der Waals surface area contributed by atoms with Crippen LogP contribution in [0.25, 0.3) is 16.7 Å². The van der Waals surface area contributed by atoms with Crippen LogP contribution in [0.1, 0.15) is 32.7 Å². The minimum absolute atomic E-state index is 0.125. The third-order valence-corrected chi connectivity index (χ3v) is 8.71. The number of likely N-dealkylation sites (tertiary alicyclic amines) is 1. The first kappa shape index (κ1) is 30.1. The second-order valence-electron chi connectivity index (χ2n) is 12.1. The Morgan fingerprint density at radius 2 is 1.78 bits per heavy atom. The number of rotatable bonds is 7. The molecule has 45 heavy (non-hydrogen) atoms. The van der Waals surface area contributed by atoms with Crippen LogP contribution < -0.4 is 21.5 Å². The number of nitrogens with one attached hydrogen (secondary N) is 1. The molecule has 232 valence electrons. The van der Waals surface area contributed by atoms with Crippen molar-refractivity contribution in [2.24, 2.45) is 0 Å². The number of pyridine rings is 1. The molecule has 1 amide bonds. The number of piperazine rings is 1. The molecule has 0 saturated carbocycles. The normalized spacial score (nSPS) is 18.1. The van der Waals surface area contributed by atoms with Gasteiger partial charge in [-0.2, -0.15) is 5.26 Å². The summed E-state index contributed by atoms with van der Waals surface area (Å²) in [6, 6.07) is 20.4. The number of imidazole rings is 1. The summed E-state index contributed by atoms with van der Waals surface area (Å²) in [6.45, 7) is 8.32. The number of nitrogens with two attached hydrogens (primary N) is 1. The fourth-order valence-electron chi connectivity index (χ4n) is 6.42. The van der Waals surface area contributed by atoms with Gasteiger partial charge in [-0.15, -0.1) is 0 Å². The van der Waals surface area contributed by atoms with Crippen LogP contribution in [0.5, 0.6) is 11.5 Å². The van der Waals surface area contributed by atoms with E-state index >= 15 is 0 Å². The van der Waals surface area contributed by atoms with Gasteiger partial charge in [-0.25, -0.2) is 9.78 Å². The van der Waals surface area contributed by atoms with Crippen molar-refractivity contribution in [1.29, 1.82) is 5.26 Å². The van der Waals surface area contributed by atoms with E-state index in [1.165, 1.54) is 0 Å². The Morgan fingerprint density at radius 1 is 1.07 bits per heavy atom. The fourth-order valence-corrected chi connectivity index (χ4v) is 6.42. The van der Waals surface area contributed by atoms with Gasteiger partial charge < -0.3 is 20.7 Å². The molecule has 2 aromatic heterocycles. The van der Waals surface area contributed by atoms with Crippen LogP contribution in [0, 0.1) is 11.3 Å². The van der Waals surface area contributed by atoms with Crippen LogP contribution in [0.2, 0.25) is 0 Å². The maximum absolute atomic E-state index is 14.2. The van der Waals surface area contributed by atoms with Gasteiger partial charge in [0, 0.05) is 51.0 Å². The Hall–Kier alpha value is -4.92. The zero-order valence-electron chi connectivity index (χ0n) is 25.6. The van der Waals surface area contributed by atoms with E-state index in [2.05, 4.69) is 21.3 Å². The van der Waals surface area contributed by atoms with Gasteiger partial charge in [0.15, 0.2) is 0 Å². The summed E-state index contributed by atoms with van der Waals surface area (Å²) in [6.07, 6.45) is 4.78. The topological polar surface area (TPSA) is 134 Å². The van der Waals surface area contributed by atoms with Gasteiger partial charge in [0.05, 0.1) is 17.2 Å². The highest BCUT2D eigenvalue weighted by Gasteiger charge is 2.33. The van der Waals surface area contributed by atoms with E-state index in [1.54, 1.807) is 32.4 Å². The molecule has 2 aliphatic heterocycles. The number of piperidine rings is 1. The van der Waals surface area contributed by atoms with Crippen molar-refractivity contribution in [3.05, 3.63) is 89.0 Å². The Labute approximate surface area is 262 Å². The monoisotopic (exact) mass is 606 g/mol. The summed E-state index contributed by atoms with van der Waals surface area (Å²) in [5.41, 5.74) is 7.56. The Balaban J connectivity index is 1.30. The number of amides is 1. The predicted octanol–water partition coefficient (Wildman–Crippen LogP) is 3.86. The van der Waals surface area contributed by atoms with Crippen LogP contribution in [-0.2, 0) is 4.79 Å². The van der Waals surface area contributed by atoms with Gasteiger partial charge in [-0.05, 0) is 75.2 Å². The average molecular weight is 607 g/mol. The number of fused-ring (bicyclic) bond motifs is 1. The maximum Gasteiger partial charge on any atom is 0.334 e. The molecule has 2 aromatic carbocycles. The molecule has 2 aliphatic rings. The molecule has 11 nitrogen and oxygen atoms in total. The van der Waals surface area contributed by atoms with Gasteiger partial charge in [-0.1, -0.05) is 18.2 Å². The molecular formula is C34H38N8O3. The number of para-hydroxylation sites is 1. The SMILES string of the molecule is CC(C)(C=C(C#N)C(=O)N1CCCC(n2c(=O)n(-c3ccc(Oc4ccccc4)cc3)c3c(N)nccc32)C1)N1CCNCC1. The van der Waals surface area contributed by atoms with E-state index in [0.717, 1.165) is 26.2 Å². The minimum Gasteiger partial charge on any atom is -0.457 e. The second-order valence-corrected chi connectivity index (χ2v) is 12.1. The van der Waals surface area contributed by atoms with Gasteiger partial charge in [0.2, 0.25) is 0 Å². The molecule has 3 N–H and O–H groups in total. The number of nitrogens with zero attached hydrogens (tertiary/aromatic N) is 6. The number of benzene rings is 2. The quantitative estimate of drug-likeness (QED) is 0.239. The van der Waals surface area contributed by atoms with Crippen LogP contribution >= 0.6 is 0 Å². The molecule has 1 unspecified atom stereocenters. The van der Waals surface area contributed by atoms with E-state index in [0.29, 0.717) is 54.2 Å². The third-order valence-electron chi connectivity index (χ3n) is 8.71. The first-order valence-corrected chi connectivity index (χ1v) is 15.4. The van der Waals surface area contributed by atoms with Crippen molar-refractivity contribution in [2.75, 3.05) is 45.0 Å². The smallest absolute Gasteiger partial charge is 0.334 e. The van der Waals surface area contributed by atoms with Crippen molar-refractivity contribution in [3.63, 3.8) is 0 Å². The number of hydrogen-bond donors (Lipinski definition) is 2. The summed E-state index contributed by atoms with van der Waals surface area (Å²) in [7, 11) is 0. The van der Waals surface area contributed by atoms with Crippen LogP contribution in [0.4, 0.5) is 5.82 Å². The lowest BCUT2D eigenvalue weighted by molar-refractivity contribution is -0.128. The Bertz CT molecular complexity index is 1810. The van der Waals surface area contributed by atoms with Crippen molar-refractivity contribution >= 4 is 22.8 Å². The molecule has 2 saturated heterocycles. The summed E-state index contributed by atoms with van der Waals surface area (Å²) < 4.78 is 9.23. The molecule has 0 bridgehead atoms. The third kappa shape index (κ3) is 6.07. The van der Waals surface area contributed by atoms with Crippen LogP contribution in [0.15, 0.2) is 83.3 Å². The highest BCUT2D eigenvalue weighted by atomic mass is 16.5. The lowest BCUT2D eigenvalue weighted by Crippen LogP contribution is -2.53. The number of nitriles is 1. The average Bonchev–Trinajstić information content (AvgIpc) is 3.37. The van der Waals surface area contributed by atoms with E-state index in [9.17, 15) is 14.9 Å². The molecule has 4 heterocycles. The number of anilines is 1. The van der Waals surface area contributed by atoms with Crippen molar-refractivity contribution in [1.82, 2.24) is 29.2 Å². The van der Waals surface area contributed by atoms with E-state index in [4.69, 9.17) is 10.5 Å². The van der Waals surface area contributed by atoms with Gasteiger partial charge in [0.25, 0.3) is 5.91 Å². The minimum atomic E-state index is -0.450. The Kier molecular flexibility index (Phi) is 8.43. The number of hydrogen-bond acceptors (Lipinski definition) is 8. The maximum atomic E-state index is 14.2. The molecule has 4 aromatic rings. The summed E-state index contributed by atoms with van der Waals surface area (Å²) in [5.74, 6) is 1.28. The standard InChI is InChI=1S/C34H38N8O3/c1-34(2,40-19-16-37-17-20-40)21-24(22-35)32(43)39-18-6-7-26(23-39)41-29-14-15-38-31(36)30(29)42(33(41)44)25-10-12-28(13-11-25)45-27-8-4-3-5-9-27/h3-5,8-15,21,26,37H,6-7,16-20,23H2,1-2H3,(H2,36,38). The van der Waals surface area contributed by atoms with Crippen LogP contribution in [0.3, 0.4) is 0 Å².